The van der Waals surface area contributed by atoms with Crippen LogP contribution in [-0.4, -0.2) is 18.7 Å². The largest absolute Gasteiger partial charge is 0.399 e. The number of benzene rings is 1. The van der Waals surface area contributed by atoms with E-state index in [0.29, 0.717) is 5.69 Å². The topological polar surface area (TPSA) is 80.4 Å². The average Bonchev–Trinajstić information content (AvgIpc) is 2.00. The minimum absolute atomic E-state index is 0.267. The molecule has 0 atom stereocenters. The van der Waals surface area contributed by atoms with Crippen LogP contribution in [0, 0.1) is 0 Å². The van der Waals surface area contributed by atoms with E-state index in [1.807, 2.05) is 0 Å². The van der Waals surface area contributed by atoms with Gasteiger partial charge in [0.25, 0.3) is 10.1 Å². The van der Waals surface area contributed by atoms with Crippen LogP contribution in [0.2, 0.25) is 0 Å². The molecule has 0 heterocycles. The smallest absolute Gasteiger partial charge is 0.265 e. The minimum atomic E-state index is -3.88. The molecular weight excluding hydrogens is 190 g/mol. The van der Waals surface area contributed by atoms with Gasteiger partial charge in [-0.2, -0.15) is 8.42 Å². The van der Waals surface area contributed by atoms with Gasteiger partial charge in [-0.25, -0.2) is 0 Å². The van der Waals surface area contributed by atoms with Crippen molar-refractivity contribution >= 4 is 15.8 Å². The lowest BCUT2D eigenvalue weighted by Crippen LogP contribution is -2.06. The monoisotopic (exact) mass is 201 g/mol. The number of hydrogen-bond acceptors (Lipinski definition) is 3. The summed E-state index contributed by atoms with van der Waals surface area (Å²) in [4.78, 5) is 0. The molecule has 0 aliphatic heterocycles. The van der Waals surface area contributed by atoms with Gasteiger partial charge in [0, 0.05) is 5.69 Å². The van der Waals surface area contributed by atoms with Crippen molar-refractivity contribution in [2.24, 2.45) is 0 Å². The second kappa shape index (κ2) is 3.76. The fourth-order valence-corrected chi connectivity index (χ4v) is 1.49. The van der Waals surface area contributed by atoms with Gasteiger partial charge in [0.1, 0.15) is 0 Å². The zero-order valence-corrected chi connectivity index (χ0v) is 7.79. The van der Waals surface area contributed by atoms with Crippen molar-refractivity contribution in [2.75, 3.05) is 11.5 Å². The lowest BCUT2D eigenvalue weighted by molar-refractivity contribution is 0.482. The predicted octanol–water partition coefficient (Wildman–Crippen LogP) is 0.699. The van der Waals surface area contributed by atoms with Crippen LogP contribution in [-0.2, 0) is 16.5 Å². The number of nitrogen functional groups attached to an aromatic ring is 1. The molecule has 0 aliphatic carbocycles. The third-order valence-corrected chi connectivity index (χ3v) is 2.32. The summed E-state index contributed by atoms with van der Waals surface area (Å²) < 4.78 is 29.3. The Balaban J connectivity index is 2.65. The maximum atomic E-state index is 10.4. The quantitative estimate of drug-likeness (QED) is 0.557. The van der Waals surface area contributed by atoms with Crippen LogP contribution < -0.4 is 5.73 Å². The van der Waals surface area contributed by atoms with Gasteiger partial charge in [-0.3, -0.25) is 4.55 Å². The van der Waals surface area contributed by atoms with Gasteiger partial charge < -0.3 is 5.73 Å². The Morgan fingerprint density at radius 1 is 1.38 bits per heavy atom. The van der Waals surface area contributed by atoms with E-state index in [0.717, 1.165) is 5.56 Å². The van der Waals surface area contributed by atoms with Crippen LogP contribution in [0.15, 0.2) is 24.3 Å². The molecule has 1 rings (SSSR count). The highest BCUT2D eigenvalue weighted by molar-refractivity contribution is 7.85. The number of anilines is 1. The van der Waals surface area contributed by atoms with Crippen LogP contribution in [0.1, 0.15) is 5.56 Å². The summed E-state index contributed by atoms with van der Waals surface area (Å²) in [5.74, 6) is -0.267. The van der Waals surface area contributed by atoms with Gasteiger partial charge >= 0.3 is 0 Å². The van der Waals surface area contributed by atoms with Gasteiger partial charge in [-0.05, 0) is 24.1 Å². The van der Waals surface area contributed by atoms with Crippen molar-refractivity contribution in [3.8, 4) is 0 Å². The summed E-state index contributed by atoms with van der Waals surface area (Å²) in [6, 6.07) is 6.92. The summed E-state index contributed by atoms with van der Waals surface area (Å²) in [5, 5.41) is 0. The van der Waals surface area contributed by atoms with E-state index >= 15 is 0 Å². The van der Waals surface area contributed by atoms with Crippen LogP contribution in [0.25, 0.3) is 0 Å². The van der Waals surface area contributed by atoms with Crippen molar-refractivity contribution in [1.29, 1.82) is 0 Å². The first-order valence-corrected chi connectivity index (χ1v) is 5.38. The highest BCUT2D eigenvalue weighted by Gasteiger charge is 2.04. The van der Waals surface area contributed by atoms with Gasteiger partial charge in [0.2, 0.25) is 0 Å². The summed E-state index contributed by atoms with van der Waals surface area (Å²) >= 11 is 0. The Bertz CT molecular complexity index is 386. The molecule has 0 amide bonds. The molecule has 0 unspecified atom stereocenters. The summed E-state index contributed by atoms with van der Waals surface area (Å²) in [5.41, 5.74) is 6.88. The zero-order chi connectivity index (χ0) is 9.90. The Morgan fingerprint density at radius 2 is 2.08 bits per heavy atom. The number of nitrogens with two attached hydrogens (primary N) is 1. The van der Waals surface area contributed by atoms with Gasteiger partial charge in [-0.15, -0.1) is 0 Å². The molecule has 13 heavy (non-hydrogen) atoms. The molecule has 4 nitrogen and oxygen atoms in total. The van der Waals surface area contributed by atoms with Crippen molar-refractivity contribution in [3.05, 3.63) is 29.8 Å². The first-order valence-electron chi connectivity index (χ1n) is 3.77. The summed E-state index contributed by atoms with van der Waals surface area (Å²) in [7, 11) is -3.88. The first-order chi connectivity index (χ1) is 5.97. The third-order valence-electron chi connectivity index (χ3n) is 1.60. The number of rotatable bonds is 3. The number of aryl methyl sites for hydroxylation is 1. The first kappa shape index (κ1) is 10.0. The summed E-state index contributed by atoms with van der Waals surface area (Å²) in [6.45, 7) is 0. The fraction of sp³-hybridized carbons (Fsp3) is 0.250. The molecule has 0 aliphatic rings. The molecule has 1 aromatic rings. The minimum Gasteiger partial charge on any atom is -0.399 e. The van der Waals surface area contributed by atoms with E-state index < -0.39 is 10.1 Å². The maximum absolute atomic E-state index is 10.4. The molecule has 0 bridgehead atoms. The second-order valence-corrected chi connectivity index (χ2v) is 4.35. The Hall–Kier alpha value is -1.07. The maximum Gasteiger partial charge on any atom is 0.265 e. The molecule has 3 N–H and O–H groups in total. The molecule has 0 radical (unpaired) electrons. The molecular formula is C8H11NO3S. The van der Waals surface area contributed by atoms with Crippen molar-refractivity contribution < 1.29 is 13.0 Å². The van der Waals surface area contributed by atoms with Gasteiger partial charge in [0.05, 0.1) is 5.75 Å². The Labute approximate surface area is 77.1 Å². The molecule has 0 fully saturated rings. The summed E-state index contributed by atoms with van der Waals surface area (Å²) in [6.07, 6.45) is 0.282. The molecule has 0 saturated heterocycles. The van der Waals surface area contributed by atoms with Gasteiger partial charge in [-0.1, -0.05) is 12.1 Å². The van der Waals surface area contributed by atoms with Crippen molar-refractivity contribution in [3.63, 3.8) is 0 Å². The Kier molecular flexibility index (Phi) is 2.90. The van der Waals surface area contributed by atoms with E-state index in [1.54, 1.807) is 24.3 Å². The van der Waals surface area contributed by atoms with Crippen LogP contribution in [0.4, 0.5) is 5.69 Å². The van der Waals surface area contributed by atoms with Crippen molar-refractivity contribution in [1.82, 2.24) is 0 Å². The lowest BCUT2D eigenvalue weighted by atomic mass is 10.1. The van der Waals surface area contributed by atoms with E-state index in [9.17, 15) is 8.42 Å². The Morgan fingerprint density at radius 3 is 2.62 bits per heavy atom. The molecule has 5 heteroatoms. The SMILES string of the molecule is Nc1cccc(CCS(=O)(=O)O)c1. The van der Waals surface area contributed by atoms with Gasteiger partial charge in [0.15, 0.2) is 0 Å². The predicted molar refractivity (Wildman–Crippen MR) is 51.0 cm³/mol. The normalized spacial score (nSPS) is 11.5. The standard InChI is InChI=1S/C8H11NO3S/c9-8-3-1-2-7(6-8)4-5-13(10,11)12/h1-3,6H,4-5,9H2,(H,10,11,12). The van der Waals surface area contributed by atoms with E-state index in [2.05, 4.69) is 0 Å². The molecule has 0 saturated carbocycles. The molecule has 72 valence electrons. The highest BCUT2D eigenvalue weighted by atomic mass is 32.2. The van der Waals surface area contributed by atoms with Crippen LogP contribution in [0.5, 0.6) is 0 Å². The highest BCUT2D eigenvalue weighted by Crippen LogP contribution is 2.07. The molecule has 0 aromatic heterocycles. The fourth-order valence-electron chi connectivity index (χ4n) is 0.995. The average molecular weight is 201 g/mol. The number of hydrogen-bond donors (Lipinski definition) is 2. The van der Waals surface area contributed by atoms with Crippen LogP contribution >= 0.6 is 0 Å². The molecule has 1 aromatic carbocycles. The van der Waals surface area contributed by atoms with E-state index in [1.165, 1.54) is 0 Å². The third kappa shape index (κ3) is 3.91. The van der Waals surface area contributed by atoms with E-state index in [-0.39, 0.29) is 12.2 Å². The second-order valence-electron chi connectivity index (χ2n) is 2.78. The molecule has 0 spiro atoms. The lowest BCUT2D eigenvalue weighted by Gasteiger charge is -2.00. The van der Waals surface area contributed by atoms with Crippen molar-refractivity contribution in [2.45, 2.75) is 6.42 Å². The zero-order valence-electron chi connectivity index (χ0n) is 6.97. The van der Waals surface area contributed by atoms with E-state index in [4.69, 9.17) is 10.3 Å². The van der Waals surface area contributed by atoms with Crippen LogP contribution in [0.3, 0.4) is 0 Å².